The lowest BCUT2D eigenvalue weighted by Gasteiger charge is -2.35. The minimum absolute atomic E-state index is 0.0513. The maximum absolute atomic E-state index is 13.1. The van der Waals surface area contributed by atoms with Crippen LogP contribution in [0.5, 0.6) is 0 Å². The summed E-state index contributed by atoms with van der Waals surface area (Å²) in [5.74, 6) is 0.885. The molecule has 1 heterocycles. The summed E-state index contributed by atoms with van der Waals surface area (Å²) >= 11 is 0. The molecule has 3 N–H and O–H groups in total. The third-order valence-corrected chi connectivity index (χ3v) is 6.19. The fourth-order valence-corrected chi connectivity index (χ4v) is 4.66. The zero-order chi connectivity index (χ0) is 20.0. The van der Waals surface area contributed by atoms with E-state index >= 15 is 0 Å². The Balaban J connectivity index is 1.68. The summed E-state index contributed by atoms with van der Waals surface area (Å²) in [6.45, 7) is 1.60. The van der Waals surface area contributed by atoms with Gasteiger partial charge < -0.3 is 15.8 Å². The number of guanidine groups is 1. The molecule has 0 saturated heterocycles. The molecular formula is C22H34N4O2. The van der Waals surface area contributed by atoms with Crippen molar-refractivity contribution in [3.8, 4) is 0 Å². The monoisotopic (exact) mass is 386 g/mol. The van der Waals surface area contributed by atoms with Gasteiger partial charge in [-0.15, -0.1) is 0 Å². The second-order valence-corrected chi connectivity index (χ2v) is 8.23. The molecular weight excluding hydrogens is 352 g/mol. The molecule has 1 fully saturated rings. The van der Waals surface area contributed by atoms with Crippen molar-refractivity contribution in [2.75, 3.05) is 27.3 Å². The number of aliphatic imine (C=N–C) groups is 1. The highest BCUT2D eigenvalue weighted by molar-refractivity contribution is 6.06. The number of nitrogens with zero attached hydrogens (tertiary/aromatic N) is 2. The van der Waals surface area contributed by atoms with Gasteiger partial charge in [-0.2, -0.15) is 0 Å². The first-order valence-corrected chi connectivity index (χ1v) is 10.4. The van der Waals surface area contributed by atoms with Crippen molar-refractivity contribution in [1.82, 2.24) is 10.2 Å². The Morgan fingerprint density at radius 2 is 2.11 bits per heavy atom. The van der Waals surface area contributed by atoms with E-state index in [0.29, 0.717) is 24.3 Å². The molecule has 2 aliphatic rings. The van der Waals surface area contributed by atoms with Crippen LogP contribution in [-0.2, 0) is 16.0 Å². The van der Waals surface area contributed by atoms with Crippen LogP contribution >= 0.6 is 0 Å². The molecule has 1 amide bonds. The number of nitrogens with two attached hydrogens (primary N) is 1. The Kier molecular flexibility index (Phi) is 7.08. The van der Waals surface area contributed by atoms with Gasteiger partial charge in [-0.05, 0) is 43.6 Å². The van der Waals surface area contributed by atoms with Gasteiger partial charge in [0, 0.05) is 26.7 Å². The van der Waals surface area contributed by atoms with E-state index in [2.05, 4.69) is 17.4 Å². The number of likely N-dealkylation sites (N-methyl/N-ethyl adjacent to an activating group) is 1. The molecule has 154 valence electrons. The van der Waals surface area contributed by atoms with Crippen LogP contribution in [0.25, 0.3) is 0 Å². The topological polar surface area (TPSA) is 80.0 Å². The highest BCUT2D eigenvalue weighted by atomic mass is 16.5. The van der Waals surface area contributed by atoms with Crippen LogP contribution in [0.4, 0.5) is 0 Å². The molecule has 0 bridgehead atoms. The molecule has 6 heteroatoms. The Morgan fingerprint density at radius 1 is 1.32 bits per heavy atom. The molecule has 1 aromatic rings. The second-order valence-electron chi connectivity index (χ2n) is 8.23. The number of aryl methyl sites for hydroxylation is 1. The molecule has 1 aliphatic carbocycles. The van der Waals surface area contributed by atoms with E-state index in [-0.39, 0.29) is 5.91 Å². The summed E-state index contributed by atoms with van der Waals surface area (Å²) in [4.78, 5) is 19.4. The number of carbonyl (C=O) groups excluding carboxylic acids is 1. The minimum atomic E-state index is -0.715. The molecule has 28 heavy (non-hydrogen) atoms. The van der Waals surface area contributed by atoms with Gasteiger partial charge in [0.1, 0.15) is 5.54 Å². The van der Waals surface area contributed by atoms with E-state index < -0.39 is 5.54 Å². The van der Waals surface area contributed by atoms with Crippen molar-refractivity contribution in [2.24, 2.45) is 16.6 Å². The lowest BCUT2D eigenvalue weighted by Crippen LogP contribution is -2.45. The van der Waals surface area contributed by atoms with Crippen LogP contribution in [0.1, 0.15) is 44.1 Å². The van der Waals surface area contributed by atoms with Crippen LogP contribution in [-0.4, -0.2) is 55.7 Å². The molecule has 0 unspecified atom stereocenters. The van der Waals surface area contributed by atoms with E-state index in [0.717, 1.165) is 38.8 Å². The van der Waals surface area contributed by atoms with Crippen LogP contribution in [0, 0.1) is 5.92 Å². The fraction of sp³-hybridized carbons (Fsp3) is 0.636. The highest BCUT2D eigenvalue weighted by Gasteiger charge is 2.47. The minimum Gasteiger partial charge on any atom is -0.383 e. The van der Waals surface area contributed by atoms with Gasteiger partial charge in [0.05, 0.1) is 6.61 Å². The predicted molar refractivity (Wildman–Crippen MR) is 112 cm³/mol. The van der Waals surface area contributed by atoms with Crippen LogP contribution in [0.3, 0.4) is 0 Å². The molecule has 0 aromatic heterocycles. The molecule has 6 nitrogen and oxygen atoms in total. The number of benzene rings is 1. The van der Waals surface area contributed by atoms with Gasteiger partial charge in [-0.3, -0.25) is 9.69 Å². The number of carbonyl (C=O) groups is 1. The molecule has 3 rings (SSSR count). The first-order valence-electron chi connectivity index (χ1n) is 10.4. The largest absolute Gasteiger partial charge is 0.383 e. The van der Waals surface area contributed by atoms with Crippen molar-refractivity contribution in [3.05, 3.63) is 35.9 Å². The van der Waals surface area contributed by atoms with Crippen LogP contribution in [0.2, 0.25) is 0 Å². The number of hydrogen-bond donors (Lipinski definition) is 2. The molecule has 0 spiro atoms. The van der Waals surface area contributed by atoms with Crippen molar-refractivity contribution in [3.63, 3.8) is 0 Å². The third-order valence-electron chi connectivity index (χ3n) is 6.19. The predicted octanol–water partition coefficient (Wildman–Crippen LogP) is 2.33. The van der Waals surface area contributed by atoms with E-state index in [1.807, 2.05) is 18.2 Å². The summed E-state index contributed by atoms with van der Waals surface area (Å²) in [5.41, 5.74) is 6.58. The lowest BCUT2D eigenvalue weighted by atomic mass is 9.75. The van der Waals surface area contributed by atoms with Crippen LogP contribution < -0.4 is 11.1 Å². The third kappa shape index (κ3) is 4.92. The quantitative estimate of drug-likeness (QED) is 0.639. The summed E-state index contributed by atoms with van der Waals surface area (Å²) in [7, 11) is 3.47. The van der Waals surface area contributed by atoms with Gasteiger partial charge in [-0.1, -0.05) is 43.2 Å². The van der Waals surface area contributed by atoms with Crippen LogP contribution in [0.15, 0.2) is 35.3 Å². The van der Waals surface area contributed by atoms with E-state index in [1.54, 1.807) is 14.2 Å². The molecule has 1 aliphatic heterocycles. The number of amides is 1. The summed E-state index contributed by atoms with van der Waals surface area (Å²) in [6.07, 6.45) is 6.94. The van der Waals surface area contributed by atoms with Gasteiger partial charge >= 0.3 is 0 Å². The SMILES string of the molecule is COCCN[C@@H]1CCC[C@H](C[C@@]2(CCc3ccccc3)N=C(N)N(C)C2=O)C1. The lowest BCUT2D eigenvalue weighted by molar-refractivity contribution is -0.131. The Morgan fingerprint density at radius 3 is 2.79 bits per heavy atom. The number of nitrogens with one attached hydrogen (secondary N) is 1. The number of hydrogen-bond acceptors (Lipinski definition) is 5. The number of methoxy groups -OCH3 is 1. The average Bonchev–Trinajstić information content (AvgIpc) is 2.92. The van der Waals surface area contributed by atoms with Crippen molar-refractivity contribution in [2.45, 2.75) is 56.5 Å². The van der Waals surface area contributed by atoms with E-state index in [4.69, 9.17) is 15.5 Å². The zero-order valence-electron chi connectivity index (χ0n) is 17.2. The van der Waals surface area contributed by atoms with E-state index in [9.17, 15) is 4.79 Å². The first-order chi connectivity index (χ1) is 13.5. The van der Waals surface area contributed by atoms with Crippen molar-refractivity contribution in [1.29, 1.82) is 0 Å². The molecule has 1 aromatic carbocycles. The number of ether oxygens (including phenoxy) is 1. The molecule has 0 radical (unpaired) electrons. The summed E-state index contributed by atoms with van der Waals surface area (Å²) in [5, 5.41) is 3.60. The molecule has 3 atom stereocenters. The maximum Gasteiger partial charge on any atom is 0.257 e. The summed E-state index contributed by atoms with van der Waals surface area (Å²) in [6, 6.07) is 10.8. The molecule has 1 saturated carbocycles. The van der Waals surface area contributed by atoms with Gasteiger partial charge in [-0.25, -0.2) is 4.99 Å². The highest BCUT2D eigenvalue weighted by Crippen LogP contribution is 2.38. The normalized spacial score (nSPS) is 27.9. The smallest absolute Gasteiger partial charge is 0.257 e. The first kappa shape index (κ1) is 20.8. The maximum atomic E-state index is 13.1. The fourth-order valence-electron chi connectivity index (χ4n) is 4.66. The number of rotatable bonds is 9. The Bertz CT molecular complexity index is 678. The van der Waals surface area contributed by atoms with E-state index in [1.165, 1.54) is 23.3 Å². The summed E-state index contributed by atoms with van der Waals surface area (Å²) < 4.78 is 5.15. The Labute approximate surface area is 168 Å². The Hall–Kier alpha value is -1.92. The van der Waals surface area contributed by atoms with Crippen molar-refractivity contribution >= 4 is 11.9 Å². The standard InChI is InChI=1S/C22H34N4O2/c1-26-20(27)22(25-21(26)23,12-11-17-7-4-3-5-8-17)16-18-9-6-10-19(15-18)24-13-14-28-2/h3-5,7-8,18-19,24H,6,9-16H2,1-2H3,(H2,23,25)/t18-,19+,22+/m0/s1. The van der Waals surface area contributed by atoms with Gasteiger partial charge in [0.15, 0.2) is 5.96 Å². The van der Waals surface area contributed by atoms with Gasteiger partial charge in [0.25, 0.3) is 5.91 Å². The van der Waals surface area contributed by atoms with Gasteiger partial charge in [0.2, 0.25) is 0 Å². The zero-order valence-corrected chi connectivity index (χ0v) is 17.2. The second kappa shape index (κ2) is 9.52. The average molecular weight is 387 g/mol. The van der Waals surface area contributed by atoms with Crippen molar-refractivity contribution < 1.29 is 9.53 Å².